The zero-order valence-corrected chi connectivity index (χ0v) is 13.1. The van der Waals surface area contributed by atoms with E-state index in [1.165, 1.54) is 23.4 Å². The predicted molar refractivity (Wildman–Crippen MR) is 87.0 cm³/mol. The van der Waals surface area contributed by atoms with Gasteiger partial charge >= 0.3 is 0 Å². The highest BCUT2D eigenvalue weighted by Crippen LogP contribution is 2.42. The van der Waals surface area contributed by atoms with Gasteiger partial charge in [-0.05, 0) is 36.3 Å². The van der Waals surface area contributed by atoms with Gasteiger partial charge in [0, 0.05) is 22.4 Å². The average Bonchev–Trinajstić information content (AvgIpc) is 2.61. The van der Waals surface area contributed by atoms with E-state index in [0.717, 1.165) is 11.7 Å². The molecule has 1 aliphatic rings. The van der Waals surface area contributed by atoms with Crippen molar-refractivity contribution in [1.29, 1.82) is 0 Å². The molecule has 1 nitrogen and oxygen atoms in total. The summed E-state index contributed by atoms with van der Waals surface area (Å²) in [6.45, 7) is 10.9. The molecule has 0 spiro atoms. The summed E-state index contributed by atoms with van der Waals surface area (Å²) in [7, 11) is 0. The maximum atomic E-state index is 3.80. The lowest BCUT2D eigenvalue weighted by Gasteiger charge is -2.21. The second-order valence-electron chi connectivity index (χ2n) is 6.40. The van der Waals surface area contributed by atoms with Gasteiger partial charge in [0.1, 0.15) is 0 Å². The number of thioether (sulfide) groups is 1. The van der Waals surface area contributed by atoms with Gasteiger partial charge in [-0.15, -0.1) is 18.3 Å². The Labute approximate surface area is 121 Å². The van der Waals surface area contributed by atoms with Gasteiger partial charge in [-0.1, -0.05) is 39.0 Å². The van der Waals surface area contributed by atoms with E-state index in [9.17, 15) is 0 Å². The van der Waals surface area contributed by atoms with Gasteiger partial charge in [0.15, 0.2) is 0 Å². The summed E-state index contributed by atoms with van der Waals surface area (Å²) in [4.78, 5) is 1.33. The Balaban J connectivity index is 2.08. The molecule has 1 aromatic rings. The van der Waals surface area contributed by atoms with Crippen molar-refractivity contribution < 1.29 is 0 Å². The van der Waals surface area contributed by atoms with Gasteiger partial charge in [-0.25, -0.2) is 0 Å². The number of para-hydroxylation sites is 1. The summed E-state index contributed by atoms with van der Waals surface area (Å²) in [5.74, 6) is 1.71. The first kappa shape index (κ1) is 14.5. The van der Waals surface area contributed by atoms with Crippen LogP contribution in [0, 0.1) is 11.3 Å². The fourth-order valence-electron chi connectivity index (χ4n) is 3.15. The van der Waals surface area contributed by atoms with E-state index in [2.05, 4.69) is 56.9 Å². The van der Waals surface area contributed by atoms with E-state index in [1.807, 2.05) is 17.8 Å². The molecule has 104 valence electrons. The van der Waals surface area contributed by atoms with Gasteiger partial charge in [-0.3, -0.25) is 0 Å². The quantitative estimate of drug-likeness (QED) is 0.585. The Kier molecular flexibility index (Phi) is 4.62. The smallest absolute Gasteiger partial charge is 0.0480 e. The molecule has 1 aromatic carbocycles. The van der Waals surface area contributed by atoms with Crippen molar-refractivity contribution in [1.82, 2.24) is 0 Å². The third kappa shape index (κ3) is 3.79. The van der Waals surface area contributed by atoms with Crippen LogP contribution in [-0.4, -0.2) is 11.8 Å². The Hall–Kier alpha value is -0.890. The first-order valence-electron chi connectivity index (χ1n) is 7.11. The third-order valence-electron chi connectivity index (χ3n) is 3.92. The van der Waals surface area contributed by atoms with Crippen LogP contribution >= 0.6 is 11.8 Å². The van der Waals surface area contributed by atoms with Crippen molar-refractivity contribution >= 4 is 17.4 Å². The highest BCUT2D eigenvalue weighted by atomic mass is 32.2. The second kappa shape index (κ2) is 6.04. The van der Waals surface area contributed by atoms with Gasteiger partial charge in [0.2, 0.25) is 0 Å². The molecule has 2 unspecified atom stereocenters. The summed E-state index contributed by atoms with van der Waals surface area (Å²) >= 11 is 1.85. The Bertz CT molecular complexity index is 439. The summed E-state index contributed by atoms with van der Waals surface area (Å²) in [5.41, 5.74) is 1.75. The minimum Gasteiger partial charge on any atom is -0.381 e. The van der Waals surface area contributed by atoms with E-state index >= 15 is 0 Å². The second-order valence-corrected chi connectivity index (χ2v) is 7.46. The topological polar surface area (TPSA) is 12.0 Å². The van der Waals surface area contributed by atoms with Crippen LogP contribution in [0.2, 0.25) is 0 Å². The minimum absolute atomic E-state index is 0.473. The van der Waals surface area contributed by atoms with Gasteiger partial charge in [-0.2, -0.15) is 0 Å². The van der Waals surface area contributed by atoms with Crippen molar-refractivity contribution in [2.75, 3.05) is 11.1 Å². The predicted octanol–water partition coefficient (Wildman–Crippen LogP) is 5.20. The highest BCUT2D eigenvalue weighted by molar-refractivity contribution is 7.99. The van der Waals surface area contributed by atoms with E-state index in [0.29, 0.717) is 11.5 Å². The lowest BCUT2D eigenvalue weighted by Crippen LogP contribution is -2.22. The van der Waals surface area contributed by atoms with Crippen LogP contribution in [0.25, 0.3) is 0 Å². The molecule has 1 fully saturated rings. The highest BCUT2D eigenvalue weighted by Gasteiger charge is 2.36. The lowest BCUT2D eigenvalue weighted by molar-refractivity contribution is 0.366. The van der Waals surface area contributed by atoms with Crippen LogP contribution in [0.15, 0.2) is 41.8 Å². The molecule has 0 aliphatic heterocycles. The lowest BCUT2D eigenvalue weighted by atomic mass is 9.91. The molecule has 0 aromatic heterocycles. The summed E-state index contributed by atoms with van der Waals surface area (Å²) < 4.78 is 0. The standard InChI is InChI=1S/C17H25NS/c1-5-10-19-16-9-7-6-8-14(16)18-15-12-17(3,4)11-13(15)2/h5-9,13,15,18H,1,10-12H2,2-4H3. The van der Waals surface area contributed by atoms with E-state index in [-0.39, 0.29) is 0 Å². The molecule has 2 rings (SSSR count). The maximum absolute atomic E-state index is 3.80. The molecular formula is C17H25NS. The third-order valence-corrected chi connectivity index (χ3v) is 4.99. The molecule has 0 amide bonds. The van der Waals surface area contributed by atoms with Gasteiger partial charge < -0.3 is 5.32 Å². The van der Waals surface area contributed by atoms with Crippen LogP contribution in [0.5, 0.6) is 0 Å². The van der Waals surface area contributed by atoms with Gasteiger partial charge in [0.25, 0.3) is 0 Å². The SMILES string of the molecule is C=CCSc1ccccc1NC1CC(C)(C)CC1C. The van der Waals surface area contributed by atoms with Crippen LogP contribution < -0.4 is 5.32 Å². The van der Waals surface area contributed by atoms with Crippen molar-refractivity contribution in [3.8, 4) is 0 Å². The van der Waals surface area contributed by atoms with Crippen LogP contribution in [0.4, 0.5) is 5.69 Å². The molecule has 1 N–H and O–H groups in total. The van der Waals surface area contributed by atoms with Crippen molar-refractivity contribution in [2.24, 2.45) is 11.3 Å². The molecule has 0 heterocycles. The molecule has 0 saturated heterocycles. The normalized spacial score (nSPS) is 25.2. The first-order chi connectivity index (χ1) is 9.02. The zero-order chi connectivity index (χ0) is 13.9. The number of hydrogen-bond acceptors (Lipinski definition) is 2. The summed E-state index contributed by atoms with van der Waals surface area (Å²) in [6.07, 6.45) is 4.53. The number of anilines is 1. The molecule has 19 heavy (non-hydrogen) atoms. The Morgan fingerprint density at radius 1 is 1.37 bits per heavy atom. The molecular weight excluding hydrogens is 250 g/mol. The molecule has 2 heteroatoms. The average molecular weight is 275 g/mol. The van der Waals surface area contributed by atoms with Crippen molar-refractivity contribution in [2.45, 2.75) is 44.6 Å². The van der Waals surface area contributed by atoms with Crippen LogP contribution in [0.3, 0.4) is 0 Å². The van der Waals surface area contributed by atoms with E-state index < -0.39 is 0 Å². The fraction of sp³-hybridized carbons (Fsp3) is 0.529. The van der Waals surface area contributed by atoms with Crippen LogP contribution in [0.1, 0.15) is 33.6 Å². The largest absolute Gasteiger partial charge is 0.381 e. The van der Waals surface area contributed by atoms with Crippen molar-refractivity contribution in [3.63, 3.8) is 0 Å². The number of nitrogens with one attached hydrogen (secondary N) is 1. The van der Waals surface area contributed by atoms with Crippen molar-refractivity contribution in [3.05, 3.63) is 36.9 Å². The number of benzene rings is 1. The maximum Gasteiger partial charge on any atom is 0.0480 e. The molecule has 1 saturated carbocycles. The monoisotopic (exact) mass is 275 g/mol. The fourth-order valence-corrected chi connectivity index (χ4v) is 3.90. The molecule has 1 aliphatic carbocycles. The molecule has 0 radical (unpaired) electrons. The van der Waals surface area contributed by atoms with Gasteiger partial charge in [0.05, 0.1) is 0 Å². The summed E-state index contributed by atoms with van der Waals surface area (Å²) in [6, 6.07) is 9.22. The minimum atomic E-state index is 0.473. The summed E-state index contributed by atoms with van der Waals surface area (Å²) in [5, 5.41) is 3.77. The Morgan fingerprint density at radius 3 is 2.74 bits per heavy atom. The molecule has 0 bridgehead atoms. The Morgan fingerprint density at radius 2 is 2.11 bits per heavy atom. The van der Waals surface area contributed by atoms with Crippen LogP contribution in [-0.2, 0) is 0 Å². The molecule has 2 atom stereocenters. The van der Waals surface area contributed by atoms with E-state index in [4.69, 9.17) is 0 Å². The van der Waals surface area contributed by atoms with E-state index in [1.54, 1.807) is 0 Å². The zero-order valence-electron chi connectivity index (χ0n) is 12.3. The number of rotatable bonds is 5. The number of hydrogen-bond donors (Lipinski definition) is 1. The first-order valence-corrected chi connectivity index (χ1v) is 8.10.